The number of halogens is 3. The summed E-state index contributed by atoms with van der Waals surface area (Å²) in [4.78, 5) is 26.4. The molecule has 0 fully saturated rings. The van der Waals surface area contributed by atoms with Crippen LogP contribution in [0.15, 0.2) is 48.5 Å². The van der Waals surface area contributed by atoms with E-state index in [0.29, 0.717) is 11.4 Å². The molecular formula is C20H18F3NO4. The molecule has 0 N–H and O–H groups in total. The molecule has 5 nitrogen and oxygen atoms in total. The van der Waals surface area contributed by atoms with Crippen LogP contribution in [0.3, 0.4) is 0 Å². The number of rotatable bonds is 4. The van der Waals surface area contributed by atoms with E-state index in [-0.39, 0.29) is 25.2 Å². The Morgan fingerprint density at radius 3 is 2.64 bits per heavy atom. The first kappa shape index (κ1) is 19.7. The van der Waals surface area contributed by atoms with Crippen LogP contribution in [0.4, 0.5) is 18.9 Å². The van der Waals surface area contributed by atoms with Crippen LogP contribution in [-0.4, -0.2) is 31.1 Å². The van der Waals surface area contributed by atoms with E-state index in [1.807, 2.05) is 0 Å². The van der Waals surface area contributed by atoms with E-state index in [1.54, 1.807) is 31.2 Å². The summed E-state index contributed by atoms with van der Waals surface area (Å²) in [5.74, 6) is -0.739. The molecular weight excluding hydrogens is 375 g/mol. The number of amides is 1. The van der Waals surface area contributed by atoms with Crippen molar-refractivity contribution >= 4 is 17.6 Å². The molecule has 1 aliphatic rings. The maximum Gasteiger partial charge on any atom is 0.416 e. The number of esters is 1. The summed E-state index contributed by atoms with van der Waals surface area (Å²) in [5, 5.41) is 0. The Kier molecular flexibility index (Phi) is 5.58. The van der Waals surface area contributed by atoms with Gasteiger partial charge in [-0.1, -0.05) is 18.2 Å². The van der Waals surface area contributed by atoms with Crippen molar-refractivity contribution in [3.8, 4) is 5.75 Å². The lowest BCUT2D eigenvalue weighted by Gasteiger charge is -2.36. The molecule has 0 radical (unpaired) electrons. The van der Waals surface area contributed by atoms with E-state index in [2.05, 4.69) is 0 Å². The van der Waals surface area contributed by atoms with Gasteiger partial charge in [-0.05, 0) is 37.3 Å². The third kappa shape index (κ3) is 4.11. The number of anilines is 1. The van der Waals surface area contributed by atoms with Gasteiger partial charge in [0.2, 0.25) is 0 Å². The summed E-state index contributed by atoms with van der Waals surface area (Å²) in [5.41, 5.74) is -0.646. The SMILES string of the molecule is CCOC(=O)C[C@@H]1COc2ccccc2N1C(=O)c1cccc(C(F)(F)F)c1. The van der Waals surface area contributed by atoms with Crippen LogP contribution >= 0.6 is 0 Å². The summed E-state index contributed by atoms with van der Waals surface area (Å²) in [7, 11) is 0. The Morgan fingerprint density at radius 1 is 1.18 bits per heavy atom. The van der Waals surface area contributed by atoms with E-state index in [1.165, 1.54) is 17.0 Å². The molecule has 28 heavy (non-hydrogen) atoms. The molecule has 2 aromatic rings. The molecule has 0 bridgehead atoms. The van der Waals surface area contributed by atoms with Crippen molar-refractivity contribution in [2.45, 2.75) is 25.6 Å². The Balaban J connectivity index is 1.99. The predicted octanol–water partition coefficient (Wildman–Crippen LogP) is 4.07. The van der Waals surface area contributed by atoms with Gasteiger partial charge >= 0.3 is 12.1 Å². The number of alkyl halides is 3. The van der Waals surface area contributed by atoms with Gasteiger partial charge in [-0.15, -0.1) is 0 Å². The molecule has 0 unspecified atom stereocenters. The monoisotopic (exact) mass is 393 g/mol. The van der Waals surface area contributed by atoms with Gasteiger partial charge in [0.15, 0.2) is 0 Å². The Morgan fingerprint density at radius 2 is 1.93 bits per heavy atom. The van der Waals surface area contributed by atoms with E-state index < -0.39 is 29.7 Å². The van der Waals surface area contributed by atoms with Crippen LogP contribution in [-0.2, 0) is 15.7 Å². The standard InChI is InChI=1S/C20H18F3NO4/c1-2-27-18(25)11-15-12-28-17-9-4-3-8-16(17)24(15)19(26)13-6-5-7-14(10-13)20(21,22)23/h3-10,15H,2,11-12H2,1H3/t15-/m1/s1. The highest BCUT2D eigenvalue weighted by molar-refractivity contribution is 6.08. The lowest BCUT2D eigenvalue weighted by Crippen LogP contribution is -2.48. The molecule has 148 valence electrons. The number of hydrogen-bond acceptors (Lipinski definition) is 4. The minimum atomic E-state index is -4.57. The average Bonchev–Trinajstić information content (AvgIpc) is 2.67. The fourth-order valence-electron chi connectivity index (χ4n) is 3.04. The molecule has 1 aliphatic heterocycles. The van der Waals surface area contributed by atoms with E-state index >= 15 is 0 Å². The second-order valence-electron chi connectivity index (χ2n) is 6.20. The minimum absolute atomic E-state index is 0.0283. The maximum absolute atomic E-state index is 13.1. The van der Waals surface area contributed by atoms with E-state index in [9.17, 15) is 22.8 Å². The highest BCUT2D eigenvalue weighted by atomic mass is 19.4. The Labute approximate surface area is 159 Å². The summed E-state index contributed by atoms with van der Waals surface area (Å²) in [6.07, 6.45) is -4.70. The molecule has 2 aromatic carbocycles. The third-order valence-corrected chi connectivity index (χ3v) is 4.28. The van der Waals surface area contributed by atoms with Gasteiger partial charge in [0.05, 0.1) is 30.3 Å². The number of benzene rings is 2. The molecule has 1 amide bonds. The van der Waals surface area contributed by atoms with Gasteiger partial charge in [-0.2, -0.15) is 13.2 Å². The molecule has 1 heterocycles. The van der Waals surface area contributed by atoms with Gasteiger partial charge in [0.25, 0.3) is 5.91 Å². The van der Waals surface area contributed by atoms with Crippen molar-refractivity contribution in [2.24, 2.45) is 0 Å². The number of carbonyl (C=O) groups excluding carboxylic acids is 2. The Bertz CT molecular complexity index is 882. The smallest absolute Gasteiger partial charge is 0.416 e. The summed E-state index contributed by atoms with van der Waals surface area (Å²) in [6.45, 7) is 1.88. The summed E-state index contributed by atoms with van der Waals surface area (Å²) >= 11 is 0. The highest BCUT2D eigenvalue weighted by Gasteiger charge is 2.36. The van der Waals surface area contributed by atoms with Crippen LogP contribution in [0, 0.1) is 0 Å². The van der Waals surface area contributed by atoms with Crippen LogP contribution in [0.1, 0.15) is 29.3 Å². The second-order valence-corrected chi connectivity index (χ2v) is 6.20. The first-order valence-electron chi connectivity index (χ1n) is 8.69. The van der Waals surface area contributed by atoms with Gasteiger partial charge in [0.1, 0.15) is 12.4 Å². The van der Waals surface area contributed by atoms with Crippen molar-refractivity contribution in [3.63, 3.8) is 0 Å². The molecule has 0 saturated heterocycles. The largest absolute Gasteiger partial charge is 0.489 e. The molecule has 3 rings (SSSR count). The number of fused-ring (bicyclic) bond motifs is 1. The van der Waals surface area contributed by atoms with E-state index in [4.69, 9.17) is 9.47 Å². The van der Waals surface area contributed by atoms with Crippen molar-refractivity contribution in [1.29, 1.82) is 0 Å². The van der Waals surface area contributed by atoms with Crippen LogP contribution in [0.2, 0.25) is 0 Å². The highest BCUT2D eigenvalue weighted by Crippen LogP contribution is 2.36. The number of carbonyl (C=O) groups is 2. The first-order valence-corrected chi connectivity index (χ1v) is 8.69. The van der Waals surface area contributed by atoms with Crippen molar-refractivity contribution in [3.05, 3.63) is 59.7 Å². The topological polar surface area (TPSA) is 55.8 Å². The minimum Gasteiger partial charge on any atom is -0.489 e. The summed E-state index contributed by atoms with van der Waals surface area (Å²) in [6, 6.07) is 10.2. The zero-order valence-electron chi connectivity index (χ0n) is 15.0. The zero-order chi connectivity index (χ0) is 20.3. The second kappa shape index (κ2) is 7.92. The number of hydrogen-bond donors (Lipinski definition) is 0. The average molecular weight is 393 g/mol. The number of nitrogens with zero attached hydrogens (tertiary/aromatic N) is 1. The fraction of sp³-hybridized carbons (Fsp3) is 0.300. The van der Waals surface area contributed by atoms with Crippen LogP contribution in [0.25, 0.3) is 0 Å². The van der Waals surface area contributed by atoms with Crippen LogP contribution < -0.4 is 9.64 Å². The lowest BCUT2D eigenvalue weighted by atomic mass is 10.0. The lowest BCUT2D eigenvalue weighted by molar-refractivity contribution is -0.143. The normalized spacial score (nSPS) is 16.1. The molecule has 1 atom stereocenters. The zero-order valence-corrected chi connectivity index (χ0v) is 15.0. The van der Waals surface area contributed by atoms with Gasteiger partial charge in [-0.3, -0.25) is 14.5 Å². The Hall–Kier alpha value is -3.03. The molecule has 0 spiro atoms. The molecule has 0 aliphatic carbocycles. The van der Waals surface area contributed by atoms with Crippen molar-refractivity contribution < 1.29 is 32.2 Å². The maximum atomic E-state index is 13.1. The number of para-hydroxylation sites is 2. The number of ether oxygens (including phenoxy) is 2. The first-order chi connectivity index (χ1) is 13.3. The fourth-order valence-corrected chi connectivity index (χ4v) is 3.04. The predicted molar refractivity (Wildman–Crippen MR) is 95.2 cm³/mol. The van der Waals surface area contributed by atoms with Crippen molar-refractivity contribution in [2.75, 3.05) is 18.1 Å². The molecule has 0 aromatic heterocycles. The van der Waals surface area contributed by atoms with E-state index in [0.717, 1.165) is 12.1 Å². The summed E-state index contributed by atoms with van der Waals surface area (Å²) < 4.78 is 49.7. The van der Waals surface area contributed by atoms with Crippen LogP contribution in [0.5, 0.6) is 5.75 Å². The van der Waals surface area contributed by atoms with Gasteiger partial charge in [0, 0.05) is 5.56 Å². The van der Waals surface area contributed by atoms with Gasteiger partial charge in [-0.25, -0.2) is 0 Å². The molecule has 0 saturated carbocycles. The quantitative estimate of drug-likeness (QED) is 0.735. The third-order valence-electron chi connectivity index (χ3n) is 4.28. The molecule has 8 heteroatoms. The van der Waals surface area contributed by atoms with Gasteiger partial charge < -0.3 is 9.47 Å². The van der Waals surface area contributed by atoms with Crippen molar-refractivity contribution in [1.82, 2.24) is 0 Å².